The molecule has 1 aromatic heterocycles. The van der Waals surface area contributed by atoms with Crippen LogP contribution in [-0.4, -0.2) is 14.7 Å². The van der Waals surface area contributed by atoms with E-state index in [1.165, 1.54) is 0 Å². The lowest BCUT2D eigenvalue weighted by atomic mass is 10.1. The van der Waals surface area contributed by atoms with Crippen LogP contribution in [-0.2, 0) is 13.2 Å². The smallest absolute Gasteiger partial charge is 0.0949 e. The van der Waals surface area contributed by atoms with E-state index in [-0.39, 0.29) is 6.61 Å². The van der Waals surface area contributed by atoms with Crippen LogP contribution in [0.1, 0.15) is 12.5 Å². The average Bonchev–Trinajstić information content (AvgIpc) is 2.71. The lowest BCUT2D eigenvalue weighted by molar-refractivity contribution is 0.282. The lowest BCUT2D eigenvalue weighted by Crippen LogP contribution is -1.96. The third-order valence-corrected chi connectivity index (χ3v) is 2.04. The van der Waals surface area contributed by atoms with Gasteiger partial charge >= 0.3 is 0 Å². The van der Waals surface area contributed by atoms with Crippen molar-refractivity contribution in [3.05, 3.63) is 54.1 Å². The van der Waals surface area contributed by atoms with Crippen molar-refractivity contribution in [3.63, 3.8) is 0 Å². The van der Waals surface area contributed by atoms with E-state index in [0.717, 1.165) is 5.56 Å². The molecule has 0 radical (unpaired) electrons. The zero-order valence-corrected chi connectivity index (χ0v) is 7.72. The third kappa shape index (κ3) is 2.00. The number of aromatic nitrogens is 2. The van der Waals surface area contributed by atoms with Gasteiger partial charge in [0.1, 0.15) is 0 Å². The van der Waals surface area contributed by atoms with Crippen molar-refractivity contribution in [1.29, 1.82) is 0 Å². The highest BCUT2D eigenvalue weighted by atomic mass is 16.3. The summed E-state index contributed by atoms with van der Waals surface area (Å²) in [5.74, 6) is 0. The van der Waals surface area contributed by atoms with Crippen molar-refractivity contribution in [2.75, 3.05) is 0 Å². The number of nitrogens with zero attached hydrogens (tertiary/aromatic N) is 2. The predicted molar refractivity (Wildman–Crippen MR) is 53.7 cm³/mol. The molecule has 3 heteroatoms. The van der Waals surface area contributed by atoms with Crippen molar-refractivity contribution < 1.29 is 6.48 Å². The Morgan fingerprint density at radius 2 is 2.21 bits per heavy atom. The van der Waals surface area contributed by atoms with E-state index in [4.69, 9.17) is 6.48 Å². The van der Waals surface area contributed by atoms with Crippen LogP contribution in [0.15, 0.2) is 43.0 Å². The first-order valence-corrected chi connectivity index (χ1v) is 4.44. The molecule has 0 saturated heterocycles. The van der Waals surface area contributed by atoms with Crippen LogP contribution in [0.5, 0.6) is 0 Å². The van der Waals surface area contributed by atoms with Crippen LogP contribution in [0.25, 0.3) is 0 Å². The number of aliphatic hydroxyl groups is 1. The van der Waals surface area contributed by atoms with Gasteiger partial charge in [-0.15, -0.1) is 0 Å². The van der Waals surface area contributed by atoms with Crippen molar-refractivity contribution in [3.8, 4) is 0 Å². The maximum atomic E-state index is 8.93. The molecule has 0 amide bonds. The van der Waals surface area contributed by atoms with Crippen LogP contribution < -0.4 is 0 Å². The summed E-state index contributed by atoms with van der Waals surface area (Å²) in [6.45, 7) is 0.627. The molecule has 0 saturated carbocycles. The molecular formula is C11H12N2O. The minimum Gasteiger partial charge on any atom is -0.392 e. The molecule has 14 heavy (non-hydrogen) atoms. The van der Waals surface area contributed by atoms with Crippen LogP contribution in [0.3, 0.4) is 0 Å². The van der Waals surface area contributed by atoms with Crippen LogP contribution >= 0.6 is 0 Å². The Morgan fingerprint density at radius 1 is 1.36 bits per heavy atom. The Bertz CT molecular complexity index is 440. The van der Waals surface area contributed by atoms with E-state index < -0.39 is 0 Å². The quantitative estimate of drug-likeness (QED) is 0.793. The summed E-state index contributed by atoms with van der Waals surface area (Å²) in [6, 6.07) is 5.86. The van der Waals surface area contributed by atoms with Crippen molar-refractivity contribution in [2.24, 2.45) is 0 Å². The van der Waals surface area contributed by atoms with Gasteiger partial charge in [-0.25, -0.2) is 4.98 Å². The molecule has 1 aromatic carbocycles. The van der Waals surface area contributed by atoms with Gasteiger partial charge in [-0.2, -0.15) is 0 Å². The normalized spacial score (nSPS) is 11.4. The molecule has 0 spiro atoms. The number of imidazole rings is 1. The molecule has 0 fully saturated rings. The molecule has 2 aromatic rings. The fourth-order valence-corrected chi connectivity index (χ4v) is 1.28. The van der Waals surface area contributed by atoms with E-state index in [9.17, 15) is 0 Å². The topological polar surface area (TPSA) is 38.0 Å². The van der Waals surface area contributed by atoms with Gasteiger partial charge in [0.15, 0.2) is 0 Å². The Kier molecular flexibility index (Phi) is 2.25. The van der Waals surface area contributed by atoms with Gasteiger partial charge in [-0.3, -0.25) is 0 Å². The Balaban J connectivity index is 2.20. The largest absolute Gasteiger partial charge is 0.392 e. The minimum atomic E-state index is -0.0792. The molecule has 0 aliphatic rings. The molecule has 1 N–H and O–H groups in total. The highest BCUT2D eigenvalue weighted by molar-refractivity contribution is 5.22. The van der Waals surface area contributed by atoms with Gasteiger partial charge in [0, 0.05) is 18.9 Å². The Labute approximate surface area is 84.1 Å². The van der Waals surface area contributed by atoms with Gasteiger partial charge in [0.05, 0.1) is 14.3 Å². The van der Waals surface area contributed by atoms with Gasteiger partial charge in [-0.1, -0.05) is 24.2 Å². The summed E-state index contributed by atoms with van der Waals surface area (Å²) in [5.41, 5.74) is 1.69. The van der Waals surface area contributed by atoms with Crippen LogP contribution in [0.4, 0.5) is 0 Å². The van der Waals surface area contributed by atoms with Crippen molar-refractivity contribution >= 4 is 0 Å². The van der Waals surface area contributed by atoms with Gasteiger partial charge in [-0.05, 0) is 11.1 Å². The molecule has 1 heterocycles. The SMILES string of the molecule is [2H]c1cc(Cn2ccnc2)ccc1CO. The standard InChI is InChI=1S/C11H12N2O/c14-8-11-3-1-10(2-4-11)7-13-6-5-12-9-13/h1-6,9,14H,7-8H2/i3D. The molecule has 0 aliphatic heterocycles. The fraction of sp³-hybridized carbons (Fsp3) is 0.182. The van der Waals surface area contributed by atoms with Crippen LogP contribution in [0.2, 0.25) is 0 Å². The third-order valence-electron chi connectivity index (χ3n) is 2.04. The maximum absolute atomic E-state index is 8.93. The van der Waals surface area contributed by atoms with E-state index in [1.807, 2.05) is 16.8 Å². The second kappa shape index (κ2) is 4.07. The number of rotatable bonds is 3. The molecule has 0 atom stereocenters. The summed E-state index contributed by atoms with van der Waals surface area (Å²) in [6.07, 6.45) is 5.34. The lowest BCUT2D eigenvalue weighted by Gasteiger charge is -2.03. The van der Waals surface area contributed by atoms with Crippen molar-refractivity contribution in [2.45, 2.75) is 13.2 Å². The molecule has 0 bridgehead atoms. The Morgan fingerprint density at radius 3 is 2.86 bits per heavy atom. The van der Waals surface area contributed by atoms with E-state index in [1.54, 1.807) is 24.7 Å². The summed E-state index contributed by atoms with van der Waals surface area (Å²) in [4.78, 5) is 3.95. The monoisotopic (exact) mass is 189 g/mol. The summed E-state index contributed by atoms with van der Waals surface area (Å²) in [5, 5.41) is 8.93. The number of aliphatic hydroxyl groups excluding tert-OH is 1. The molecule has 0 aliphatic carbocycles. The fourth-order valence-electron chi connectivity index (χ4n) is 1.28. The maximum Gasteiger partial charge on any atom is 0.0949 e. The average molecular weight is 189 g/mol. The zero-order chi connectivity index (χ0) is 10.7. The zero-order valence-electron chi connectivity index (χ0n) is 8.72. The first-order chi connectivity index (χ1) is 7.29. The predicted octanol–water partition coefficient (Wildman–Crippen LogP) is 1.42. The molecule has 0 unspecified atom stereocenters. The summed E-state index contributed by atoms with van der Waals surface area (Å²) >= 11 is 0. The highest BCUT2D eigenvalue weighted by Crippen LogP contribution is 2.05. The number of hydrogen-bond donors (Lipinski definition) is 1. The van der Waals surface area contributed by atoms with Gasteiger partial charge in [0.2, 0.25) is 0 Å². The molecule has 72 valence electrons. The molecule has 3 nitrogen and oxygen atoms in total. The van der Waals surface area contributed by atoms with E-state index in [0.29, 0.717) is 18.2 Å². The van der Waals surface area contributed by atoms with Crippen molar-refractivity contribution in [1.82, 2.24) is 9.55 Å². The second-order valence-electron chi connectivity index (χ2n) is 3.12. The molecular weight excluding hydrogens is 176 g/mol. The van der Waals surface area contributed by atoms with E-state index >= 15 is 0 Å². The number of hydrogen-bond acceptors (Lipinski definition) is 2. The Hall–Kier alpha value is -1.61. The van der Waals surface area contributed by atoms with E-state index in [2.05, 4.69) is 4.98 Å². The van der Waals surface area contributed by atoms with Crippen LogP contribution in [0, 0.1) is 0 Å². The number of benzene rings is 1. The molecule has 2 rings (SSSR count). The highest BCUT2D eigenvalue weighted by Gasteiger charge is 1.94. The second-order valence-corrected chi connectivity index (χ2v) is 3.12. The first kappa shape index (κ1) is 7.76. The minimum absolute atomic E-state index is 0.0792. The summed E-state index contributed by atoms with van der Waals surface area (Å²) < 4.78 is 9.59. The van der Waals surface area contributed by atoms with Gasteiger partial charge in [0.25, 0.3) is 0 Å². The van der Waals surface area contributed by atoms with Gasteiger partial charge < -0.3 is 9.67 Å². The summed E-state index contributed by atoms with van der Waals surface area (Å²) in [7, 11) is 0. The first-order valence-electron chi connectivity index (χ1n) is 4.94.